The SMILES string of the molecule is CC(=O)N[C@H]1[C@@H](O)[C@@H](O)[C@@H](CO)C[C@H]1OCCN=[N+]=[N-]. The summed E-state index contributed by atoms with van der Waals surface area (Å²) in [5.41, 5.74) is 8.17. The van der Waals surface area contributed by atoms with Crippen molar-refractivity contribution < 1.29 is 24.9 Å². The van der Waals surface area contributed by atoms with E-state index < -0.39 is 30.3 Å². The van der Waals surface area contributed by atoms with Crippen molar-refractivity contribution in [1.82, 2.24) is 5.32 Å². The zero-order chi connectivity index (χ0) is 15.1. The molecule has 1 rings (SSSR count). The van der Waals surface area contributed by atoms with Crippen molar-refractivity contribution >= 4 is 5.91 Å². The van der Waals surface area contributed by atoms with Crippen LogP contribution in [0.5, 0.6) is 0 Å². The van der Waals surface area contributed by atoms with E-state index >= 15 is 0 Å². The second-order valence-corrected chi connectivity index (χ2v) is 4.75. The van der Waals surface area contributed by atoms with Crippen LogP contribution in [0.1, 0.15) is 13.3 Å². The van der Waals surface area contributed by atoms with Crippen molar-refractivity contribution in [2.45, 2.75) is 37.7 Å². The Hall–Kier alpha value is -1.38. The van der Waals surface area contributed by atoms with Crippen LogP contribution in [0.25, 0.3) is 10.4 Å². The number of azide groups is 1. The van der Waals surface area contributed by atoms with Crippen molar-refractivity contribution in [1.29, 1.82) is 0 Å². The average molecular weight is 288 g/mol. The standard InChI is InChI=1S/C11H20N4O5/c1-6(17)14-9-8(20-3-2-13-15-12)4-7(5-16)10(18)11(9)19/h7-11,16,18-19H,2-5H2,1H3,(H,14,17)/t7-,8-,9-,10+,11-/m1/s1. The third-order valence-electron chi connectivity index (χ3n) is 3.33. The zero-order valence-corrected chi connectivity index (χ0v) is 11.2. The number of aliphatic hydroxyl groups is 3. The quantitative estimate of drug-likeness (QED) is 0.212. The highest BCUT2D eigenvalue weighted by atomic mass is 16.5. The first-order valence-corrected chi connectivity index (χ1v) is 6.37. The molecule has 20 heavy (non-hydrogen) atoms. The summed E-state index contributed by atoms with van der Waals surface area (Å²) in [5.74, 6) is -0.883. The van der Waals surface area contributed by atoms with Crippen molar-refractivity contribution in [3.05, 3.63) is 10.4 Å². The summed E-state index contributed by atoms with van der Waals surface area (Å²) in [6, 6.07) is -0.767. The van der Waals surface area contributed by atoms with Gasteiger partial charge < -0.3 is 25.4 Å². The lowest BCUT2D eigenvalue weighted by Gasteiger charge is -2.42. The minimum absolute atomic E-state index is 0.127. The molecular formula is C11H20N4O5. The molecule has 0 aromatic carbocycles. The van der Waals surface area contributed by atoms with Gasteiger partial charge in [0.2, 0.25) is 5.91 Å². The molecular weight excluding hydrogens is 268 g/mol. The molecule has 0 aromatic rings. The summed E-state index contributed by atoms with van der Waals surface area (Å²) < 4.78 is 5.49. The van der Waals surface area contributed by atoms with Gasteiger partial charge in [-0.3, -0.25) is 4.79 Å². The Labute approximate surface area is 116 Å². The van der Waals surface area contributed by atoms with Gasteiger partial charge in [-0.1, -0.05) is 5.11 Å². The fourth-order valence-corrected chi connectivity index (χ4v) is 2.35. The minimum atomic E-state index is -1.23. The molecule has 0 unspecified atom stereocenters. The third-order valence-corrected chi connectivity index (χ3v) is 3.33. The Kier molecular flexibility index (Phi) is 6.69. The molecule has 4 N–H and O–H groups in total. The summed E-state index contributed by atoms with van der Waals surface area (Å²) in [6.45, 7) is 1.27. The number of nitrogens with zero attached hydrogens (tertiary/aromatic N) is 3. The molecule has 1 amide bonds. The molecule has 0 bridgehead atoms. The number of rotatable bonds is 6. The Morgan fingerprint density at radius 2 is 2.20 bits per heavy atom. The number of ether oxygens (including phenoxy) is 1. The first kappa shape index (κ1) is 16.7. The number of carbonyl (C=O) groups is 1. The predicted molar refractivity (Wildman–Crippen MR) is 68.6 cm³/mol. The third kappa shape index (κ3) is 4.32. The van der Waals surface area contributed by atoms with Gasteiger partial charge in [-0.2, -0.15) is 0 Å². The minimum Gasteiger partial charge on any atom is -0.396 e. The maximum absolute atomic E-state index is 11.2. The van der Waals surface area contributed by atoms with Gasteiger partial charge in [0.25, 0.3) is 0 Å². The van der Waals surface area contributed by atoms with Gasteiger partial charge in [0.05, 0.1) is 24.9 Å². The fraction of sp³-hybridized carbons (Fsp3) is 0.909. The van der Waals surface area contributed by atoms with Crippen LogP contribution < -0.4 is 5.32 Å². The number of aliphatic hydroxyl groups excluding tert-OH is 3. The van der Waals surface area contributed by atoms with E-state index in [1.807, 2.05) is 0 Å². The van der Waals surface area contributed by atoms with Crippen LogP contribution in [0.4, 0.5) is 0 Å². The molecule has 9 heteroatoms. The van der Waals surface area contributed by atoms with E-state index in [1.54, 1.807) is 0 Å². The van der Waals surface area contributed by atoms with E-state index in [4.69, 9.17) is 10.3 Å². The summed E-state index contributed by atoms with van der Waals surface area (Å²) in [6.07, 6.45) is -2.64. The summed E-state index contributed by atoms with van der Waals surface area (Å²) in [5, 5.41) is 34.9. The van der Waals surface area contributed by atoms with E-state index in [0.717, 1.165) is 0 Å². The van der Waals surface area contributed by atoms with Crippen molar-refractivity contribution in [3.8, 4) is 0 Å². The highest BCUT2D eigenvalue weighted by molar-refractivity contribution is 5.73. The molecule has 1 saturated carbocycles. The topological polar surface area (TPSA) is 148 Å². The predicted octanol–water partition coefficient (Wildman–Crippen LogP) is -1.08. The number of hydrogen-bond donors (Lipinski definition) is 4. The molecule has 5 atom stereocenters. The molecule has 0 aliphatic heterocycles. The van der Waals surface area contributed by atoms with Crippen LogP contribution in [0.15, 0.2) is 5.11 Å². The number of amides is 1. The summed E-state index contributed by atoms with van der Waals surface area (Å²) in [4.78, 5) is 13.8. The average Bonchev–Trinajstić information content (AvgIpc) is 2.41. The van der Waals surface area contributed by atoms with Crippen LogP contribution in [0.2, 0.25) is 0 Å². The maximum atomic E-state index is 11.2. The Morgan fingerprint density at radius 3 is 2.75 bits per heavy atom. The van der Waals surface area contributed by atoms with Gasteiger partial charge in [-0.15, -0.1) is 0 Å². The second-order valence-electron chi connectivity index (χ2n) is 4.75. The molecule has 0 saturated heterocycles. The molecule has 0 heterocycles. The molecule has 1 aliphatic carbocycles. The second kappa shape index (κ2) is 8.03. The maximum Gasteiger partial charge on any atom is 0.217 e. The van der Waals surface area contributed by atoms with Crippen molar-refractivity contribution in [2.75, 3.05) is 19.8 Å². The molecule has 1 fully saturated rings. The first-order valence-electron chi connectivity index (χ1n) is 6.37. The molecule has 0 spiro atoms. The monoisotopic (exact) mass is 288 g/mol. The largest absolute Gasteiger partial charge is 0.396 e. The molecule has 9 nitrogen and oxygen atoms in total. The van der Waals surface area contributed by atoms with Crippen LogP contribution in [-0.2, 0) is 9.53 Å². The Morgan fingerprint density at radius 1 is 1.50 bits per heavy atom. The van der Waals surface area contributed by atoms with Gasteiger partial charge in [0.1, 0.15) is 6.10 Å². The highest BCUT2D eigenvalue weighted by Gasteiger charge is 2.44. The van der Waals surface area contributed by atoms with Crippen molar-refractivity contribution in [2.24, 2.45) is 11.0 Å². The fourth-order valence-electron chi connectivity index (χ4n) is 2.35. The van der Waals surface area contributed by atoms with Crippen LogP contribution >= 0.6 is 0 Å². The van der Waals surface area contributed by atoms with Crippen LogP contribution in [-0.4, -0.2) is 65.3 Å². The van der Waals surface area contributed by atoms with E-state index in [1.165, 1.54) is 6.92 Å². The normalized spacial score (nSPS) is 33.3. The van der Waals surface area contributed by atoms with Gasteiger partial charge >= 0.3 is 0 Å². The smallest absolute Gasteiger partial charge is 0.217 e. The molecule has 1 aliphatic rings. The van der Waals surface area contributed by atoms with Gasteiger partial charge in [-0.05, 0) is 12.0 Å². The lowest BCUT2D eigenvalue weighted by molar-refractivity contribution is -0.141. The lowest BCUT2D eigenvalue weighted by Crippen LogP contribution is -2.61. The van der Waals surface area contributed by atoms with E-state index in [9.17, 15) is 20.1 Å². The molecule has 0 aromatic heterocycles. The van der Waals surface area contributed by atoms with E-state index in [-0.39, 0.29) is 32.1 Å². The van der Waals surface area contributed by atoms with E-state index in [2.05, 4.69) is 15.3 Å². The van der Waals surface area contributed by atoms with Crippen LogP contribution in [0, 0.1) is 5.92 Å². The zero-order valence-electron chi connectivity index (χ0n) is 11.2. The number of hydrogen-bond acceptors (Lipinski definition) is 6. The Balaban J connectivity index is 2.72. The van der Waals surface area contributed by atoms with Gasteiger partial charge in [0.15, 0.2) is 0 Å². The molecule has 0 radical (unpaired) electrons. The van der Waals surface area contributed by atoms with Gasteiger partial charge in [0, 0.05) is 30.9 Å². The number of carbonyl (C=O) groups excluding carboxylic acids is 1. The van der Waals surface area contributed by atoms with Gasteiger partial charge in [-0.25, -0.2) is 0 Å². The summed E-state index contributed by atoms with van der Waals surface area (Å²) in [7, 11) is 0. The summed E-state index contributed by atoms with van der Waals surface area (Å²) >= 11 is 0. The van der Waals surface area contributed by atoms with Crippen LogP contribution in [0.3, 0.4) is 0 Å². The lowest BCUT2D eigenvalue weighted by atomic mass is 9.79. The first-order chi connectivity index (χ1) is 9.51. The Bertz CT molecular complexity index is 374. The highest BCUT2D eigenvalue weighted by Crippen LogP contribution is 2.27. The van der Waals surface area contributed by atoms with Crippen molar-refractivity contribution in [3.63, 3.8) is 0 Å². The van der Waals surface area contributed by atoms with E-state index in [0.29, 0.717) is 0 Å². The number of nitrogens with one attached hydrogen (secondary N) is 1. The molecule has 114 valence electrons.